The predicted octanol–water partition coefficient (Wildman–Crippen LogP) is 1.86. The number of carbonyl (C=O) groups is 2. The number of ether oxygens (including phenoxy) is 1. The summed E-state index contributed by atoms with van der Waals surface area (Å²) >= 11 is 0. The molecule has 3 N–H and O–H groups in total. The number of aromatic amines is 1. The van der Waals surface area contributed by atoms with Gasteiger partial charge in [-0.05, 0) is 31.7 Å². The highest BCUT2D eigenvalue weighted by Crippen LogP contribution is 2.05. The molecule has 1 rings (SSSR count). The molecule has 0 saturated carbocycles. The first-order valence-electron chi connectivity index (χ1n) is 7.72. The normalized spacial score (nSPS) is 12.0. The fourth-order valence-electron chi connectivity index (χ4n) is 2.07. The minimum absolute atomic E-state index is 0.174. The van der Waals surface area contributed by atoms with Crippen molar-refractivity contribution in [1.82, 2.24) is 20.8 Å². The first-order valence-corrected chi connectivity index (χ1v) is 7.72. The largest absolute Gasteiger partial charge is 0.450 e. The number of aromatic nitrogens is 2. The van der Waals surface area contributed by atoms with Crippen molar-refractivity contribution in [2.24, 2.45) is 5.92 Å². The highest BCUT2D eigenvalue weighted by atomic mass is 16.5. The summed E-state index contributed by atoms with van der Waals surface area (Å²) < 4.78 is 4.88. The molecule has 0 aliphatic rings. The minimum Gasteiger partial charge on any atom is -0.450 e. The van der Waals surface area contributed by atoms with Gasteiger partial charge in [0.1, 0.15) is 5.69 Å². The summed E-state index contributed by atoms with van der Waals surface area (Å²) in [7, 11) is 0. The lowest BCUT2D eigenvalue weighted by Gasteiger charge is -2.20. The van der Waals surface area contributed by atoms with E-state index in [-0.39, 0.29) is 11.9 Å². The number of carbonyl (C=O) groups excluding carboxylic acids is 2. The number of rotatable bonds is 8. The summed E-state index contributed by atoms with van der Waals surface area (Å²) in [5.74, 6) is 0.135. The van der Waals surface area contributed by atoms with Gasteiger partial charge in [0.25, 0.3) is 5.91 Å². The minimum atomic E-state index is -0.463. The topological polar surface area (TPSA) is 96.1 Å². The number of amides is 2. The zero-order chi connectivity index (χ0) is 16.5. The molecule has 1 heterocycles. The third kappa shape index (κ3) is 6.15. The summed E-state index contributed by atoms with van der Waals surface area (Å²) in [5, 5.41) is 12.3. The van der Waals surface area contributed by atoms with Crippen molar-refractivity contribution in [3.63, 3.8) is 0 Å². The smallest absolute Gasteiger partial charge is 0.407 e. The second-order valence-electron chi connectivity index (χ2n) is 5.53. The zero-order valence-corrected chi connectivity index (χ0v) is 13.7. The summed E-state index contributed by atoms with van der Waals surface area (Å²) in [6.45, 7) is 8.51. The molecule has 1 aromatic heterocycles. The van der Waals surface area contributed by atoms with Crippen LogP contribution in [0.3, 0.4) is 0 Å². The lowest BCUT2D eigenvalue weighted by Crippen LogP contribution is -2.44. The molecule has 0 bridgehead atoms. The lowest BCUT2D eigenvalue weighted by molar-refractivity contribution is 0.0939. The number of nitrogens with zero attached hydrogens (tertiary/aromatic N) is 1. The van der Waals surface area contributed by atoms with Gasteiger partial charge < -0.3 is 15.4 Å². The van der Waals surface area contributed by atoms with Gasteiger partial charge in [-0.2, -0.15) is 5.10 Å². The molecule has 22 heavy (non-hydrogen) atoms. The van der Waals surface area contributed by atoms with Crippen LogP contribution in [0, 0.1) is 5.92 Å². The molecule has 0 aliphatic carbocycles. The van der Waals surface area contributed by atoms with Crippen LogP contribution in [0.1, 0.15) is 50.3 Å². The van der Waals surface area contributed by atoms with Gasteiger partial charge in [-0.15, -0.1) is 0 Å². The van der Waals surface area contributed by atoms with E-state index < -0.39 is 6.09 Å². The Labute approximate surface area is 131 Å². The van der Waals surface area contributed by atoms with Crippen molar-refractivity contribution in [1.29, 1.82) is 0 Å². The highest BCUT2D eigenvalue weighted by Gasteiger charge is 2.17. The third-order valence-corrected chi connectivity index (χ3v) is 3.11. The van der Waals surface area contributed by atoms with E-state index in [1.54, 1.807) is 13.0 Å². The molecule has 1 unspecified atom stereocenters. The van der Waals surface area contributed by atoms with Crippen LogP contribution in [0.2, 0.25) is 0 Å². The Bertz CT molecular complexity index is 485. The maximum atomic E-state index is 12.0. The fraction of sp³-hybridized carbons (Fsp3) is 0.667. The Morgan fingerprint density at radius 1 is 1.36 bits per heavy atom. The monoisotopic (exact) mass is 310 g/mol. The molecule has 0 aliphatic heterocycles. The second kappa shape index (κ2) is 9.07. The molecule has 2 amide bonds. The van der Waals surface area contributed by atoms with Crippen molar-refractivity contribution >= 4 is 12.0 Å². The number of H-pyrrole nitrogens is 1. The quantitative estimate of drug-likeness (QED) is 0.683. The average molecular weight is 310 g/mol. The molecule has 0 fully saturated rings. The Morgan fingerprint density at radius 3 is 2.64 bits per heavy atom. The Balaban J connectivity index is 2.54. The van der Waals surface area contributed by atoms with Crippen molar-refractivity contribution < 1.29 is 14.3 Å². The first-order chi connectivity index (χ1) is 10.5. The van der Waals surface area contributed by atoms with Crippen LogP contribution in [0.25, 0.3) is 0 Å². The predicted molar refractivity (Wildman–Crippen MR) is 83.7 cm³/mol. The maximum absolute atomic E-state index is 12.0. The summed E-state index contributed by atoms with van der Waals surface area (Å²) in [5.41, 5.74) is 1.27. The molecule has 124 valence electrons. The van der Waals surface area contributed by atoms with Gasteiger partial charge in [0.15, 0.2) is 0 Å². The number of aryl methyl sites for hydroxylation is 1. The van der Waals surface area contributed by atoms with E-state index in [1.165, 1.54) is 0 Å². The van der Waals surface area contributed by atoms with Crippen LogP contribution < -0.4 is 10.6 Å². The Hall–Kier alpha value is -2.05. The molecular weight excluding hydrogens is 284 g/mol. The average Bonchev–Trinajstić information content (AvgIpc) is 2.93. The number of alkyl carbamates (subject to hydrolysis) is 1. The van der Waals surface area contributed by atoms with Crippen LogP contribution in [0.5, 0.6) is 0 Å². The van der Waals surface area contributed by atoms with Gasteiger partial charge in [-0.3, -0.25) is 9.89 Å². The molecule has 0 radical (unpaired) electrons. The molecule has 0 aromatic carbocycles. The Kier molecular flexibility index (Phi) is 7.42. The molecule has 0 spiro atoms. The van der Waals surface area contributed by atoms with Crippen molar-refractivity contribution in [2.45, 2.75) is 46.6 Å². The number of nitrogens with one attached hydrogen (secondary N) is 3. The van der Waals surface area contributed by atoms with E-state index in [2.05, 4.69) is 34.7 Å². The van der Waals surface area contributed by atoms with E-state index in [0.717, 1.165) is 18.5 Å². The summed E-state index contributed by atoms with van der Waals surface area (Å²) in [6, 6.07) is 1.55. The van der Waals surface area contributed by atoms with Gasteiger partial charge in [0.2, 0.25) is 0 Å². The van der Waals surface area contributed by atoms with E-state index >= 15 is 0 Å². The van der Waals surface area contributed by atoms with Gasteiger partial charge in [-0.25, -0.2) is 4.79 Å². The van der Waals surface area contributed by atoms with Gasteiger partial charge in [-0.1, -0.05) is 20.8 Å². The number of hydrogen-bond donors (Lipinski definition) is 3. The van der Waals surface area contributed by atoms with E-state index in [9.17, 15) is 9.59 Å². The molecule has 1 atom stereocenters. The van der Waals surface area contributed by atoms with Crippen molar-refractivity contribution in [3.8, 4) is 0 Å². The maximum Gasteiger partial charge on any atom is 0.407 e. The standard InChI is InChI=1S/C15H26N4O3/c1-5-11-8-13(19-18-11)14(20)16-9-12(7-10(3)4)17-15(21)22-6-2/h8,10,12H,5-7,9H2,1-4H3,(H,16,20)(H,17,21)(H,18,19). The molecular formula is C15H26N4O3. The van der Waals surface area contributed by atoms with Gasteiger partial charge in [0, 0.05) is 18.3 Å². The van der Waals surface area contributed by atoms with Crippen LogP contribution in [-0.4, -0.2) is 41.4 Å². The van der Waals surface area contributed by atoms with Gasteiger partial charge in [0.05, 0.1) is 6.61 Å². The van der Waals surface area contributed by atoms with Gasteiger partial charge >= 0.3 is 6.09 Å². The van der Waals surface area contributed by atoms with Crippen LogP contribution in [0.15, 0.2) is 6.07 Å². The van der Waals surface area contributed by atoms with Crippen LogP contribution in [0.4, 0.5) is 4.79 Å². The molecule has 7 nitrogen and oxygen atoms in total. The van der Waals surface area contributed by atoms with E-state index in [1.807, 2.05) is 6.92 Å². The molecule has 0 saturated heterocycles. The number of hydrogen-bond acceptors (Lipinski definition) is 4. The van der Waals surface area contributed by atoms with Crippen LogP contribution >= 0.6 is 0 Å². The third-order valence-electron chi connectivity index (χ3n) is 3.11. The fourth-order valence-corrected chi connectivity index (χ4v) is 2.07. The van der Waals surface area contributed by atoms with Crippen LogP contribution in [-0.2, 0) is 11.2 Å². The van der Waals surface area contributed by atoms with E-state index in [0.29, 0.717) is 24.8 Å². The summed E-state index contributed by atoms with van der Waals surface area (Å²) in [6.07, 6.45) is 1.08. The van der Waals surface area contributed by atoms with Crippen molar-refractivity contribution in [2.75, 3.05) is 13.2 Å². The first kappa shape index (κ1) is 18.0. The summed E-state index contributed by atoms with van der Waals surface area (Å²) in [4.78, 5) is 23.6. The van der Waals surface area contributed by atoms with Crippen molar-refractivity contribution in [3.05, 3.63) is 17.5 Å². The molecule has 1 aromatic rings. The highest BCUT2D eigenvalue weighted by molar-refractivity contribution is 5.92. The molecule has 7 heteroatoms. The second-order valence-corrected chi connectivity index (χ2v) is 5.53. The Morgan fingerprint density at radius 2 is 2.09 bits per heavy atom. The zero-order valence-electron chi connectivity index (χ0n) is 13.7. The SMILES string of the molecule is CCOC(=O)NC(CNC(=O)c1cc(CC)[nH]n1)CC(C)C. The lowest BCUT2D eigenvalue weighted by atomic mass is 10.0. The van der Waals surface area contributed by atoms with E-state index in [4.69, 9.17) is 4.74 Å².